The number of amides is 1. The Balaban J connectivity index is 1.73. The van der Waals surface area contributed by atoms with Crippen LogP contribution in [0.4, 0.5) is 0 Å². The molecule has 1 amide bonds. The zero-order valence-corrected chi connectivity index (χ0v) is 21.7. The molecule has 3 aromatic rings. The summed E-state index contributed by atoms with van der Waals surface area (Å²) in [5.41, 5.74) is 1.04. The molecule has 1 aromatic heterocycles. The second-order valence-electron chi connectivity index (χ2n) is 7.94. The standard InChI is InChI=1S/C26H31ClN2O5S/c1-4-17-33-21-11-7-19(8-12-21)23(29(5-2)6-3)18-28-26(30)24-15-16-25(34-24)35(31,32)22-13-9-20(27)10-14-22/h7-16,23H,4-6,17-18H2,1-3H3,(H,28,30). The summed E-state index contributed by atoms with van der Waals surface area (Å²) in [7, 11) is -3.90. The summed E-state index contributed by atoms with van der Waals surface area (Å²) in [6.45, 7) is 8.78. The predicted molar refractivity (Wildman–Crippen MR) is 136 cm³/mol. The minimum Gasteiger partial charge on any atom is -0.494 e. The van der Waals surface area contributed by atoms with Crippen molar-refractivity contribution in [2.75, 3.05) is 26.2 Å². The van der Waals surface area contributed by atoms with Crippen molar-refractivity contribution >= 4 is 27.3 Å². The van der Waals surface area contributed by atoms with Gasteiger partial charge in [-0.15, -0.1) is 0 Å². The van der Waals surface area contributed by atoms with Crippen molar-refractivity contribution in [1.29, 1.82) is 0 Å². The summed E-state index contributed by atoms with van der Waals surface area (Å²) in [5, 5.41) is 3.02. The lowest BCUT2D eigenvalue weighted by Gasteiger charge is -2.30. The van der Waals surface area contributed by atoms with Crippen LogP contribution in [0.5, 0.6) is 5.75 Å². The third-order valence-corrected chi connectivity index (χ3v) is 7.53. The molecule has 1 unspecified atom stereocenters. The highest BCUT2D eigenvalue weighted by molar-refractivity contribution is 7.91. The van der Waals surface area contributed by atoms with Crippen molar-refractivity contribution in [2.45, 2.75) is 43.2 Å². The van der Waals surface area contributed by atoms with Crippen molar-refractivity contribution in [1.82, 2.24) is 10.2 Å². The maximum atomic E-state index is 12.8. The van der Waals surface area contributed by atoms with Crippen molar-refractivity contribution < 1.29 is 22.4 Å². The first kappa shape index (κ1) is 26.8. The van der Waals surface area contributed by atoms with Gasteiger partial charge in [0.15, 0.2) is 5.76 Å². The van der Waals surface area contributed by atoms with E-state index in [1.807, 2.05) is 24.3 Å². The molecular weight excluding hydrogens is 488 g/mol. The number of carbonyl (C=O) groups excluding carboxylic acids is 1. The van der Waals surface area contributed by atoms with E-state index in [1.54, 1.807) is 0 Å². The minimum atomic E-state index is -3.90. The zero-order valence-electron chi connectivity index (χ0n) is 20.2. The third kappa shape index (κ3) is 6.66. The number of ether oxygens (including phenoxy) is 1. The Hall–Kier alpha value is -2.81. The average Bonchev–Trinajstić information content (AvgIpc) is 3.37. The van der Waals surface area contributed by atoms with Crippen LogP contribution in [-0.4, -0.2) is 45.5 Å². The number of rotatable bonds is 12. The Morgan fingerprint density at radius 1 is 1.00 bits per heavy atom. The Bertz CT molecular complexity index is 1200. The number of nitrogens with zero attached hydrogens (tertiary/aromatic N) is 1. The number of sulfone groups is 1. The molecule has 0 aliphatic carbocycles. The first-order chi connectivity index (χ1) is 16.8. The van der Waals surface area contributed by atoms with E-state index in [2.05, 4.69) is 31.0 Å². The summed E-state index contributed by atoms with van der Waals surface area (Å²) < 4.78 is 36.7. The molecule has 0 fully saturated rings. The van der Waals surface area contributed by atoms with Crippen molar-refractivity contribution in [3.05, 3.63) is 77.0 Å². The normalized spacial score (nSPS) is 12.5. The monoisotopic (exact) mass is 518 g/mol. The van der Waals surface area contributed by atoms with Crippen LogP contribution in [0.15, 0.2) is 75.1 Å². The van der Waals surface area contributed by atoms with Gasteiger partial charge in [-0.1, -0.05) is 44.5 Å². The fourth-order valence-corrected chi connectivity index (χ4v) is 5.02. The molecule has 1 heterocycles. The number of likely N-dealkylation sites (N-methyl/N-ethyl adjacent to an activating group) is 1. The number of furan rings is 1. The maximum absolute atomic E-state index is 12.8. The van der Waals surface area contributed by atoms with Gasteiger partial charge in [0.25, 0.3) is 5.91 Å². The van der Waals surface area contributed by atoms with Gasteiger partial charge >= 0.3 is 0 Å². The van der Waals surface area contributed by atoms with Crippen LogP contribution in [0.2, 0.25) is 5.02 Å². The van der Waals surface area contributed by atoms with E-state index >= 15 is 0 Å². The van der Waals surface area contributed by atoms with Crippen LogP contribution < -0.4 is 10.1 Å². The van der Waals surface area contributed by atoms with E-state index in [0.717, 1.165) is 30.8 Å². The molecular formula is C26H31ClN2O5S. The number of carbonyl (C=O) groups is 1. The van der Waals surface area contributed by atoms with Gasteiger partial charge in [0, 0.05) is 11.6 Å². The van der Waals surface area contributed by atoms with Crippen LogP contribution >= 0.6 is 11.6 Å². The second-order valence-corrected chi connectivity index (χ2v) is 10.3. The quantitative estimate of drug-likeness (QED) is 0.347. The molecule has 188 valence electrons. The fourth-order valence-electron chi connectivity index (χ4n) is 3.72. The lowest BCUT2D eigenvalue weighted by atomic mass is 10.0. The molecule has 9 heteroatoms. The fraction of sp³-hybridized carbons (Fsp3) is 0.346. The molecule has 0 aliphatic heterocycles. The molecule has 0 radical (unpaired) electrons. The number of hydrogen-bond donors (Lipinski definition) is 1. The number of halogens is 1. The lowest BCUT2D eigenvalue weighted by molar-refractivity contribution is 0.0902. The lowest BCUT2D eigenvalue weighted by Crippen LogP contribution is -2.38. The van der Waals surface area contributed by atoms with Gasteiger partial charge in [0.05, 0.1) is 17.5 Å². The largest absolute Gasteiger partial charge is 0.494 e. The Morgan fingerprint density at radius 3 is 2.26 bits per heavy atom. The van der Waals surface area contributed by atoms with Gasteiger partial charge in [-0.2, -0.15) is 0 Å². The molecule has 0 aliphatic rings. The number of nitrogens with one attached hydrogen (secondary N) is 1. The molecule has 1 atom stereocenters. The summed E-state index contributed by atoms with van der Waals surface area (Å²) >= 11 is 5.85. The minimum absolute atomic E-state index is 0.0381. The number of benzene rings is 2. The molecule has 1 N–H and O–H groups in total. The Kier molecular flexibility index (Phi) is 9.37. The molecule has 7 nitrogen and oxygen atoms in total. The van der Waals surface area contributed by atoms with Gasteiger partial charge in [0.2, 0.25) is 14.9 Å². The highest BCUT2D eigenvalue weighted by atomic mass is 35.5. The Labute approximate surface area is 212 Å². The van der Waals surface area contributed by atoms with Crippen LogP contribution in [0.25, 0.3) is 0 Å². The molecule has 2 aromatic carbocycles. The summed E-state index contributed by atoms with van der Waals surface area (Å²) in [6, 6.07) is 16.2. The molecule has 0 saturated heterocycles. The molecule has 0 bridgehead atoms. The van der Waals surface area contributed by atoms with Gasteiger partial charge in [0.1, 0.15) is 5.75 Å². The van der Waals surface area contributed by atoms with Gasteiger partial charge in [-0.3, -0.25) is 9.69 Å². The third-order valence-electron chi connectivity index (χ3n) is 5.64. The molecule has 35 heavy (non-hydrogen) atoms. The zero-order chi connectivity index (χ0) is 25.4. The smallest absolute Gasteiger partial charge is 0.287 e. The van der Waals surface area contributed by atoms with Crippen LogP contribution in [-0.2, 0) is 9.84 Å². The maximum Gasteiger partial charge on any atom is 0.287 e. The van der Waals surface area contributed by atoms with Crippen LogP contribution in [0.3, 0.4) is 0 Å². The summed E-state index contributed by atoms with van der Waals surface area (Å²) in [5.74, 6) is 0.254. The highest BCUT2D eigenvalue weighted by Gasteiger charge is 2.25. The van der Waals surface area contributed by atoms with E-state index in [1.165, 1.54) is 36.4 Å². The SMILES string of the molecule is CCCOc1ccc(C(CNC(=O)c2ccc(S(=O)(=O)c3ccc(Cl)cc3)o2)N(CC)CC)cc1. The van der Waals surface area contributed by atoms with Gasteiger partial charge < -0.3 is 14.5 Å². The average molecular weight is 519 g/mol. The Morgan fingerprint density at radius 2 is 1.66 bits per heavy atom. The first-order valence-electron chi connectivity index (χ1n) is 11.7. The number of hydrogen-bond acceptors (Lipinski definition) is 6. The van der Waals surface area contributed by atoms with E-state index in [-0.39, 0.29) is 21.8 Å². The van der Waals surface area contributed by atoms with E-state index in [9.17, 15) is 13.2 Å². The highest BCUT2D eigenvalue weighted by Crippen LogP contribution is 2.25. The van der Waals surface area contributed by atoms with Gasteiger partial charge in [-0.05, 0) is 73.6 Å². The molecule has 3 rings (SSSR count). The van der Waals surface area contributed by atoms with E-state index in [4.69, 9.17) is 20.8 Å². The summed E-state index contributed by atoms with van der Waals surface area (Å²) in [6.07, 6.45) is 0.936. The molecule has 0 spiro atoms. The van der Waals surface area contributed by atoms with Gasteiger partial charge in [-0.25, -0.2) is 8.42 Å². The summed E-state index contributed by atoms with van der Waals surface area (Å²) in [4.78, 5) is 15.1. The topological polar surface area (TPSA) is 88.8 Å². The second kappa shape index (κ2) is 12.2. The van der Waals surface area contributed by atoms with Crippen LogP contribution in [0, 0.1) is 0 Å². The predicted octanol–water partition coefficient (Wildman–Crippen LogP) is 5.37. The van der Waals surface area contributed by atoms with Crippen LogP contribution in [0.1, 0.15) is 49.4 Å². The van der Waals surface area contributed by atoms with Crippen molar-refractivity contribution in [2.24, 2.45) is 0 Å². The van der Waals surface area contributed by atoms with E-state index in [0.29, 0.717) is 18.2 Å². The van der Waals surface area contributed by atoms with Crippen molar-refractivity contribution in [3.63, 3.8) is 0 Å². The van der Waals surface area contributed by atoms with E-state index < -0.39 is 15.7 Å². The first-order valence-corrected chi connectivity index (χ1v) is 13.5. The van der Waals surface area contributed by atoms with Crippen molar-refractivity contribution in [3.8, 4) is 5.75 Å². The molecule has 0 saturated carbocycles.